The predicted octanol–water partition coefficient (Wildman–Crippen LogP) is 4.63. The van der Waals surface area contributed by atoms with Crippen LogP contribution in [-0.4, -0.2) is 82.3 Å². The van der Waals surface area contributed by atoms with E-state index in [0.717, 1.165) is 15.3 Å². The van der Waals surface area contributed by atoms with Crippen molar-refractivity contribution in [2.45, 2.75) is 50.7 Å². The average Bonchev–Trinajstić information content (AvgIpc) is 3.32. The monoisotopic (exact) mass is 543 g/mol. The number of thiazole rings is 1. The van der Waals surface area contributed by atoms with E-state index in [0.29, 0.717) is 43.8 Å². The number of benzene rings is 1. The van der Waals surface area contributed by atoms with Crippen molar-refractivity contribution in [2.75, 3.05) is 44.8 Å². The number of aliphatic hydroxyl groups excluding tert-OH is 1. The van der Waals surface area contributed by atoms with Crippen molar-refractivity contribution in [3.63, 3.8) is 0 Å². The minimum absolute atomic E-state index is 0.0187. The van der Waals surface area contributed by atoms with E-state index >= 15 is 8.78 Å². The first-order valence-corrected chi connectivity index (χ1v) is 13.2. The van der Waals surface area contributed by atoms with Gasteiger partial charge >= 0.3 is 0 Å². The molecule has 202 valence electrons. The number of H-pyrrole nitrogens is 1. The number of aliphatic hydroxyl groups is 1. The third kappa shape index (κ3) is 5.08. The maximum absolute atomic E-state index is 15.6. The molecule has 0 unspecified atom stereocenters. The highest BCUT2D eigenvalue weighted by atomic mass is 32.1. The lowest BCUT2D eigenvalue weighted by molar-refractivity contribution is -0.0869. The Morgan fingerprint density at radius 3 is 2.59 bits per heavy atom. The summed E-state index contributed by atoms with van der Waals surface area (Å²) in [7, 11) is 0. The van der Waals surface area contributed by atoms with Gasteiger partial charge in [0.1, 0.15) is 23.9 Å². The molecule has 3 aromatic rings. The fourth-order valence-electron chi connectivity index (χ4n) is 5.48. The van der Waals surface area contributed by atoms with Gasteiger partial charge in [0.05, 0.1) is 35.0 Å². The van der Waals surface area contributed by atoms with Crippen LogP contribution in [0.4, 0.5) is 27.6 Å². The molecule has 4 heterocycles. The second-order valence-corrected chi connectivity index (χ2v) is 11.3. The zero-order valence-electron chi connectivity index (χ0n) is 20.6. The molecule has 12 heteroatoms. The summed E-state index contributed by atoms with van der Waals surface area (Å²) in [6.45, 7) is 2.91. The fourth-order valence-corrected chi connectivity index (χ4v) is 6.42. The summed E-state index contributed by atoms with van der Waals surface area (Å²) in [6, 6.07) is 0.745. The number of likely N-dealkylation sites (tertiary alicyclic amines) is 1. The molecule has 6 nitrogen and oxygen atoms in total. The Morgan fingerprint density at radius 2 is 1.95 bits per heavy atom. The molecule has 0 bridgehead atoms. The van der Waals surface area contributed by atoms with Crippen molar-refractivity contribution >= 4 is 27.4 Å². The molecule has 3 N–H and O–H groups in total. The number of hydrogen-bond acceptors (Lipinski definition) is 6. The molecule has 1 saturated heterocycles. The number of anilines is 1. The van der Waals surface area contributed by atoms with Gasteiger partial charge in [0.2, 0.25) is 0 Å². The van der Waals surface area contributed by atoms with Gasteiger partial charge in [-0.25, -0.2) is 22.5 Å². The van der Waals surface area contributed by atoms with Crippen molar-refractivity contribution < 1.29 is 27.1 Å². The number of aromatic nitrogens is 2. The standard InChI is InChI=1S/C25H30F5N5OS/c1-13-6-17-21(33-24-23(17)37-14(2)31-24)22(35(13)11-25(29,30)12-36)20-18(27)7-15(8-19(20)28)32-16-9-34(10-16)5-3-4-26/h7-8,13,16,22,32-33,36H,3-6,9-12H2,1-2H3/t13-,22-/m1/s1. The molecule has 37 heavy (non-hydrogen) atoms. The van der Waals surface area contributed by atoms with Crippen molar-refractivity contribution in [1.29, 1.82) is 0 Å². The quantitative estimate of drug-likeness (QED) is 0.344. The smallest absolute Gasteiger partial charge is 0.283 e. The summed E-state index contributed by atoms with van der Waals surface area (Å²) in [5.74, 6) is -5.14. The maximum atomic E-state index is 15.6. The molecule has 1 aromatic carbocycles. The lowest BCUT2D eigenvalue weighted by Gasteiger charge is -2.42. The highest BCUT2D eigenvalue weighted by Gasteiger charge is 2.44. The van der Waals surface area contributed by atoms with Gasteiger partial charge in [-0.05, 0) is 44.4 Å². The number of fused-ring (bicyclic) bond motifs is 3. The Bertz CT molecular complexity index is 1250. The molecule has 2 aliphatic rings. The van der Waals surface area contributed by atoms with Gasteiger partial charge in [-0.1, -0.05) is 0 Å². The van der Waals surface area contributed by atoms with E-state index in [1.54, 1.807) is 6.92 Å². The van der Waals surface area contributed by atoms with Crippen LogP contribution in [0.3, 0.4) is 0 Å². The Morgan fingerprint density at radius 1 is 1.24 bits per heavy atom. The van der Waals surface area contributed by atoms with Crippen LogP contribution in [0.5, 0.6) is 0 Å². The maximum Gasteiger partial charge on any atom is 0.283 e. The molecule has 0 aliphatic carbocycles. The Kier molecular flexibility index (Phi) is 7.20. The van der Waals surface area contributed by atoms with Gasteiger partial charge in [0.15, 0.2) is 0 Å². The first-order valence-electron chi connectivity index (χ1n) is 12.4. The lowest BCUT2D eigenvalue weighted by Crippen LogP contribution is -2.54. The van der Waals surface area contributed by atoms with Gasteiger partial charge in [0.25, 0.3) is 5.92 Å². The van der Waals surface area contributed by atoms with Crippen LogP contribution in [0.1, 0.15) is 41.2 Å². The normalized spacial score (nSPS) is 21.4. The molecule has 0 saturated carbocycles. The first-order chi connectivity index (χ1) is 17.6. The number of hydrogen-bond donors (Lipinski definition) is 3. The van der Waals surface area contributed by atoms with Gasteiger partial charge in [-0.2, -0.15) is 0 Å². The van der Waals surface area contributed by atoms with E-state index in [2.05, 4.69) is 20.2 Å². The predicted molar refractivity (Wildman–Crippen MR) is 133 cm³/mol. The highest BCUT2D eigenvalue weighted by Crippen LogP contribution is 2.44. The van der Waals surface area contributed by atoms with Crippen LogP contribution in [0.25, 0.3) is 10.3 Å². The van der Waals surface area contributed by atoms with Crippen LogP contribution in [0.15, 0.2) is 12.1 Å². The number of nitrogens with one attached hydrogen (secondary N) is 2. The number of alkyl halides is 3. The van der Waals surface area contributed by atoms with Crippen LogP contribution >= 0.6 is 11.3 Å². The molecule has 0 amide bonds. The van der Waals surface area contributed by atoms with Crippen molar-refractivity contribution in [2.24, 2.45) is 0 Å². The third-order valence-corrected chi connectivity index (χ3v) is 8.22. The lowest BCUT2D eigenvalue weighted by atomic mass is 9.88. The number of aromatic amines is 1. The van der Waals surface area contributed by atoms with Crippen LogP contribution in [0, 0.1) is 18.6 Å². The number of nitrogens with zero attached hydrogens (tertiary/aromatic N) is 3. The van der Waals surface area contributed by atoms with Crippen molar-refractivity contribution in [3.05, 3.63) is 45.6 Å². The minimum atomic E-state index is -3.45. The SMILES string of the molecule is Cc1nc2[nH]c3c(c2s1)C[C@@H](C)N(CC(F)(F)CO)[C@@H]3c1c(F)cc(NC2CN(CCCF)C2)cc1F. The molecule has 0 radical (unpaired) electrons. The number of halogens is 5. The van der Waals surface area contributed by atoms with Gasteiger partial charge in [-0.3, -0.25) is 14.2 Å². The molecule has 0 spiro atoms. The first kappa shape index (κ1) is 26.3. The molecule has 1 fully saturated rings. The van der Waals surface area contributed by atoms with E-state index in [4.69, 9.17) is 0 Å². The summed E-state index contributed by atoms with van der Waals surface area (Å²) in [5, 5.41) is 13.2. The second-order valence-electron chi connectivity index (χ2n) is 10.1. The Hall–Kier alpha value is -2.28. The zero-order valence-corrected chi connectivity index (χ0v) is 21.4. The number of rotatable bonds is 9. The summed E-state index contributed by atoms with van der Waals surface area (Å²) in [5.41, 5.74) is 1.78. The van der Waals surface area contributed by atoms with Crippen LogP contribution in [-0.2, 0) is 6.42 Å². The van der Waals surface area contributed by atoms with Gasteiger partial charge in [-0.15, -0.1) is 11.3 Å². The molecular formula is C25H30F5N5OS. The molecule has 2 atom stereocenters. The van der Waals surface area contributed by atoms with Crippen molar-refractivity contribution in [3.8, 4) is 0 Å². The van der Waals surface area contributed by atoms with E-state index in [-0.39, 0.29) is 24.0 Å². The minimum Gasteiger partial charge on any atom is -0.390 e. The third-order valence-electron chi connectivity index (χ3n) is 7.19. The summed E-state index contributed by atoms with van der Waals surface area (Å²) in [4.78, 5) is 11.0. The summed E-state index contributed by atoms with van der Waals surface area (Å²) < 4.78 is 73.3. The molecule has 5 rings (SSSR count). The average molecular weight is 544 g/mol. The summed E-state index contributed by atoms with van der Waals surface area (Å²) in [6.07, 6.45) is 0.850. The fraction of sp³-hybridized carbons (Fsp3) is 0.560. The molecular weight excluding hydrogens is 513 g/mol. The van der Waals surface area contributed by atoms with Gasteiger partial charge in [0, 0.05) is 42.6 Å². The summed E-state index contributed by atoms with van der Waals surface area (Å²) >= 11 is 1.45. The van der Waals surface area contributed by atoms with E-state index in [1.165, 1.54) is 28.4 Å². The Labute approximate surface area is 215 Å². The highest BCUT2D eigenvalue weighted by molar-refractivity contribution is 7.18. The van der Waals surface area contributed by atoms with Crippen LogP contribution < -0.4 is 5.32 Å². The molecule has 2 aromatic heterocycles. The van der Waals surface area contributed by atoms with Gasteiger partial charge < -0.3 is 15.4 Å². The number of aryl methyl sites for hydroxylation is 1. The van der Waals surface area contributed by atoms with E-state index in [9.17, 15) is 18.3 Å². The van der Waals surface area contributed by atoms with E-state index < -0.39 is 42.8 Å². The van der Waals surface area contributed by atoms with Crippen LogP contribution in [0.2, 0.25) is 0 Å². The molecule has 2 aliphatic heterocycles. The topological polar surface area (TPSA) is 67.4 Å². The zero-order chi connectivity index (χ0) is 26.5. The Balaban J connectivity index is 1.49. The second kappa shape index (κ2) is 10.1. The van der Waals surface area contributed by atoms with Crippen molar-refractivity contribution in [1.82, 2.24) is 19.8 Å². The van der Waals surface area contributed by atoms with E-state index in [1.807, 2.05) is 6.92 Å². The largest absolute Gasteiger partial charge is 0.390 e.